The lowest BCUT2D eigenvalue weighted by Gasteiger charge is -2.02. The van der Waals surface area contributed by atoms with Crippen molar-refractivity contribution in [2.45, 2.75) is 0 Å². The summed E-state index contributed by atoms with van der Waals surface area (Å²) >= 11 is 11.3. The summed E-state index contributed by atoms with van der Waals surface area (Å²) in [4.78, 5) is 16.2. The molecule has 0 bridgehead atoms. The molecule has 0 fully saturated rings. The van der Waals surface area contributed by atoms with Crippen molar-refractivity contribution in [3.05, 3.63) is 58.1 Å². The number of aromatic amines is 1. The number of H-pyrrole nitrogens is 1. The van der Waals surface area contributed by atoms with Gasteiger partial charge in [0.1, 0.15) is 0 Å². The van der Waals surface area contributed by atoms with E-state index < -0.39 is 0 Å². The van der Waals surface area contributed by atoms with Crippen LogP contribution in [-0.2, 0) is 4.79 Å². The zero-order chi connectivity index (χ0) is 16.7. The number of nitrogens with zero attached hydrogens (tertiary/aromatic N) is 4. The van der Waals surface area contributed by atoms with E-state index in [0.717, 1.165) is 5.56 Å². The molecule has 24 heavy (non-hydrogen) atoms. The number of aromatic nitrogens is 4. The largest absolute Gasteiger partial charge is 0.320 e. The van der Waals surface area contributed by atoms with E-state index in [1.54, 1.807) is 42.7 Å². The van der Waals surface area contributed by atoms with Crippen molar-refractivity contribution in [2.75, 3.05) is 5.32 Å². The fraction of sp³-hybridized carbons (Fsp3) is 0. The van der Waals surface area contributed by atoms with Crippen molar-refractivity contribution in [1.82, 2.24) is 19.9 Å². The molecule has 1 amide bonds. The Morgan fingerprint density at radius 1 is 1.21 bits per heavy atom. The first kappa shape index (κ1) is 14.7. The van der Waals surface area contributed by atoms with Crippen LogP contribution in [0.1, 0.15) is 5.56 Å². The summed E-state index contributed by atoms with van der Waals surface area (Å²) in [6.45, 7) is 0. The zero-order valence-electron chi connectivity index (χ0n) is 12.0. The minimum Gasteiger partial charge on any atom is -0.320 e. The predicted octanol–water partition coefficient (Wildman–Crippen LogP) is 2.86. The van der Waals surface area contributed by atoms with Crippen LogP contribution in [0.3, 0.4) is 0 Å². The van der Waals surface area contributed by atoms with Gasteiger partial charge >= 0.3 is 0 Å². The minimum absolute atomic E-state index is 0.223. The van der Waals surface area contributed by atoms with Crippen molar-refractivity contribution in [3.8, 4) is 11.4 Å². The lowest BCUT2D eigenvalue weighted by molar-refractivity contribution is -0.110. The molecule has 1 aliphatic rings. The number of hydrogen-bond donors (Lipinski definition) is 2. The molecule has 1 aliphatic heterocycles. The van der Waals surface area contributed by atoms with E-state index in [1.165, 1.54) is 4.68 Å². The molecule has 0 unspecified atom stereocenters. The van der Waals surface area contributed by atoms with E-state index >= 15 is 0 Å². The van der Waals surface area contributed by atoms with Crippen LogP contribution in [0.15, 0.2) is 47.8 Å². The lowest BCUT2D eigenvalue weighted by atomic mass is 10.1. The van der Waals surface area contributed by atoms with Crippen molar-refractivity contribution in [2.24, 2.45) is 5.10 Å². The molecule has 7 nitrogen and oxygen atoms in total. The third-order valence-electron chi connectivity index (χ3n) is 3.49. The Hall–Kier alpha value is -2.84. The number of anilines is 1. The molecule has 9 heteroatoms. The maximum Gasteiger partial charge on any atom is 0.276 e. The first-order valence-corrected chi connectivity index (χ1v) is 7.70. The molecule has 4 rings (SSSR count). The van der Waals surface area contributed by atoms with Crippen molar-refractivity contribution in [3.63, 3.8) is 0 Å². The van der Waals surface area contributed by atoms with Crippen molar-refractivity contribution in [1.29, 1.82) is 0 Å². The Morgan fingerprint density at radius 2 is 2.00 bits per heavy atom. The number of rotatable bonds is 2. The zero-order valence-corrected chi connectivity index (χ0v) is 13.6. The molecule has 3 aromatic rings. The second kappa shape index (κ2) is 5.66. The average molecular weight is 357 g/mol. The van der Waals surface area contributed by atoms with E-state index in [9.17, 15) is 4.79 Å². The van der Waals surface area contributed by atoms with E-state index in [4.69, 9.17) is 23.8 Å². The molecule has 1 aromatic carbocycles. The van der Waals surface area contributed by atoms with Crippen LogP contribution in [0.25, 0.3) is 11.4 Å². The Kier molecular flexibility index (Phi) is 3.47. The predicted molar refractivity (Wildman–Crippen MR) is 92.7 cm³/mol. The van der Waals surface area contributed by atoms with Gasteiger partial charge in [0.15, 0.2) is 11.5 Å². The van der Waals surface area contributed by atoms with Gasteiger partial charge in [-0.3, -0.25) is 9.78 Å². The smallest absolute Gasteiger partial charge is 0.276 e. The molecule has 0 radical (unpaired) electrons. The van der Waals surface area contributed by atoms with Gasteiger partial charge in [-0.15, -0.1) is 0 Å². The fourth-order valence-corrected chi connectivity index (χ4v) is 2.74. The van der Waals surface area contributed by atoms with Gasteiger partial charge in [-0.2, -0.15) is 14.9 Å². The minimum atomic E-state index is -0.323. The van der Waals surface area contributed by atoms with Crippen LogP contribution in [-0.4, -0.2) is 31.5 Å². The highest BCUT2D eigenvalue weighted by atomic mass is 35.5. The third-order valence-corrected chi connectivity index (χ3v) is 3.99. The van der Waals surface area contributed by atoms with Crippen molar-refractivity contribution < 1.29 is 4.79 Å². The van der Waals surface area contributed by atoms with Gasteiger partial charge in [0, 0.05) is 28.5 Å². The number of halogens is 1. The van der Waals surface area contributed by atoms with Crippen LogP contribution < -0.4 is 5.32 Å². The number of benzene rings is 1. The highest BCUT2D eigenvalue weighted by Gasteiger charge is 2.27. The molecule has 0 aliphatic carbocycles. The van der Waals surface area contributed by atoms with Crippen LogP contribution in [0.4, 0.5) is 5.69 Å². The SMILES string of the molecule is O=C1Nc2ccc(Cl)cc2/C1=N/n1c(-c2ccncc2)n[nH]c1=S. The summed E-state index contributed by atoms with van der Waals surface area (Å²) in [5, 5.41) is 14.5. The fourth-order valence-electron chi connectivity index (χ4n) is 2.40. The number of carbonyl (C=O) groups excluding carboxylic acids is 1. The van der Waals surface area contributed by atoms with Gasteiger partial charge in [-0.1, -0.05) is 11.6 Å². The molecule has 0 saturated carbocycles. The molecule has 118 valence electrons. The average Bonchev–Trinajstić information content (AvgIpc) is 3.10. The van der Waals surface area contributed by atoms with Crippen LogP contribution in [0, 0.1) is 4.77 Å². The standard InChI is InChI=1S/C15H9ClN6OS/c16-9-1-2-11-10(7-9)12(14(23)18-11)21-22-13(19-20-15(22)24)8-3-5-17-6-4-8/h1-7H,(H,20,24)(H,18,21,23). The quantitative estimate of drug-likeness (QED) is 0.691. The van der Waals surface area contributed by atoms with E-state index in [2.05, 4.69) is 25.6 Å². The normalized spacial score (nSPS) is 14.7. The maximum absolute atomic E-state index is 12.3. The summed E-state index contributed by atoms with van der Waals surface area (Å²) in [6.07, 6.45) is 3.28. The van der Waals surface area contributed by atoms with Gasteiger partial charge in [0.05, 0.1) is 5.69 Å². The van der Waals surface area contributed by atoms with Gasteiger partial charge in [-0.25, -0.2) is 5.10 Å². The molecule has 0 spiro atoms. The molecule has 2 N–H and O–H groups in total. The molecular formula is C15H9ClN6OS. The number of amides is 1. The summed E-state index contributed by atoms with van der Waals surface area (Å²) in [7, 11) is 0. The number of nitrogens with one attached hydrogen (secondary N) is 2. The number of carbonyl (C=O) groups is 1. The van der Waals surface area contributed by atoms with Crippen LogP contribution >= 0.6 is 23.8 Å². The summed E-state index contributed by atoms with van der Waals surface area (Å²) in [6, 6.07) is 8.68. The molecular weight excluding hydrogens is 348 g/mol. The molecule has 0 saturated heterocycles. The van der Waals surface area contributed by atoms with Gasteiger partial charge < -0.3 is 5.32 Å². The third kappa shape index (κ3) is 2.41. The first-order valence-electron chi connectivity index (χ1n) is 6.91. The highest BCUT2D eigenvalue weighted by Crippen LogP contribution is 2.27. The number of hydrogen-bond acceptors (Lipinski definition) is 5. The van der Waals surface area contributed by atoms with Gasteiger partial charge in [0.25, 0.3) is 5.91 Å². The number of pyridine rings is 1. The first-order chi connectivity index (χ1) is 11.6. The second-order valence-corrected chi connectivity index (χ2v) is 5.82. The highest BCUT2D eigenvalue weighted by molar-refractivity contribution is 7.71. The van der Waals surface area contributed by atoms with E-state index in [1.807, 2.05) is 0 Å². The number of fused-ring (bicyclic) bond motifs is 1. The summed E-state index contributed by atoms with van der Waals surface area (Å²) < 4.78 is 1.69. The van der Waals surface area contributed by atoms with Crippen molar-refractivity contribution >= 4 is 41.1 Å². The van der Waals surface area contributed by atoms with E-state index in [0.29, 0.717) is 22.1 Å². The Balaban J connectivity index is 1.89. The van der Waals surface area contributed by atoms with E-state index in [-0.39, 0.29) is 16.4 Å². The maximum atomic E-state index is 12.3. The Labute approximate surface area is 146 Å². The summed E-state index contributed by atoms with van der Waals surface area (Å²) in [5.74, 6) is 0.161. The Morgan fingerprint density at radius 3 is 2.79 bits per heavy atom. The topological polar surface area (TPSA) is 88.0 Å². The molecule has 0 atom stereocenters. The molecule has 3 heterocycles. The summed E-state index contributed by atoms with van der Waals surface area (Å²) in [5.41, 5.74) is 2.27. The lowest BCUT2D eigenvalue weighted by Crippen LogP contribution is -2.16. The Bertz CT molecular complexity index is 1040. The molecule has 2 aromatic heterocycles. The van der Waals surface area contributed by atoms with Gasteiger partial charge in [0.2, 0.25) is 4.77 Å². The van der Waals surface area contributed by atoms with Crippen LogP contribution in [0.5, 0.6) is 0 Å². The van der Waals surface area contributed by atoms with Gasteiger partial charge in [-0.05, 0) is 42.5 Å². The van der Waals surface area contributed by atoms with Crippen LogP contribution in [0.2, 0.25) is 5.02 Å². The second-order valence-electron chi connectivity index (χ2n) is 4.99. The monoisotopic (exact) mass is 356 g/mol.